The van der Waals surface area contributed by atoms with E-state index in [1.165, 1.54) is 18.7 Å². The van der Waals surface area contributed by atoms with Crippen LogP contribution < -0.4 is 16.7 Å². The Morgan fingerprint density at radius 1 is 1.43 bits per heavy atom. The predicted octanol–water partition coefficient (Wildman–Crippen LogP) is -0.838. The number of H-pyrrole nitrogens is 1. The Labute approximate surface area is 128 Å². The molecule has 2 aromatic heterocycles. The Balaban J connectivity index is 2.39. The minimum Gasteiger partial charge on any atom is -0.397 e. The largest absolute Gasteiger partial charge is 0.397 e. The quantitative estimate of drug-likeness (QED) is 0.324. The highest BCUT2D eigenvalue weighted by molar-refractivity contribution is 5.98. The summed E-state index contributed by atoms with van der Waals surface area (Å²) in [5, 5.41) is 12.4. The maximum atomic E-state index is 12.0. The average Bonchev–Trinajstić information content (AvgIpc) is 2.98. The lowest BCUT2D eigenvalue weighted by Gasteiger charge is -2.00. The van der Waals surface area contributed by atoms with Crippen molar-refractivity contribution < 1.29 is 9.53 Å². The molecule has 2 N–H and O–H groups in total. The van der Waals surface area contributed by atoms with Crippen LogP contribution in [-0.2, 0) is 23.6 Å². The number of nitriles is 1. The molecule has 23 heavy (non-hydrogen) atoms. The third-order valence-corrected chi connectivity index (χ3v) is 2.95. The molecule has 11 heteroatoms. The van der Waals surface area contributed by atoms with E-state index < -0.39 is 23.1 Å². The maximum absolute atomic E-state index is 12.0. The topological polar surface area (TPSA) is 147 Å². The monoisotopic (exact) mass is 319 g/mol. The fourth-order valence-electron chi connectivity index (χ4n) is 1.73. The van der Waals surface area contributed by atoms with Crippen molar-refractivity contribution in [3.05, 3.63) is 20.8 Å². The van der Waals surface area contributed by atoms with Crippen LogP contribution in [0.3, 0.4) is 0 Å². The number of aromatic amines is 1. The molecule has 2 rings (SSSR count). The zero-order chi connectivity index (χ0) is 17.1. The normalized spacial score (nSPS) is 11.3. The number of rotatable bonds is 3. The van der Waals surface area contributed by atoms with E-state index >= 15 is 0 Å². The highest BCUT2D eigenvalue weighted by Crippen LogP contribution is 2.08. The molecule has 11 nitrogen and oxygen atoms in total. The molecule has 0 aliphatic rings. The number of anilines is 1. The summed E-state index contributed by atoms with van der Waals surface area (Å²) in [6.07, 6.45) is 0.0868. The van der Waals surface area contributed by atoms with Gasteiger partial charge in [-0.15, -0.1) is 5.10 Å². The second kappa shape index (κ2) is 6.14. The van der Waals surface area contributed by atoms with Crippen molar-refractivity contribution in [1.82, 2.24) is 19.1 Å². The van der Waals surface area contributed by atoms with Crippen molar-refractivity contribution in [2.24, 2.45) is 19.2 Å². The first-order chi connectivity index (χ1) is 10.9. The minimum atomic E-state index is -0.618. The number of hydrogen-bond acceptors (Lipinski definition) is 8. The number of aromatic nitrogens is 4. The molecule has 0 unspecified atom stereocenters. The molecule has 0 aromatic carbocycles. The second-order valence-electron chi connectivity index (χ2n) is 4.46. The number of aryl methyl sites for hydroxylation is 1. The van der Waals surface area contributed by atoms with Gasteiger partial charge in [0.25, 0.3) is 5.56 Å². The molecule has 0 fully saturated rings. The molecule has 0 aliphatic carbocycles. The van der Waals surface area contributed by atoms with E-state index in [1.807, 2.05) is 0 Å². The van der Waals surface area contributed by atoms with Crippen LogP contribution in [0.1, 0.15) is 13.3 Å². The number of imidazole rings is 1. The van der Waals surface area contributed by atoms with Gasteiger partial charge in [-0.25, -0.2) is 10.2 Å². The Morgan fingerprint density at radius 3 is 2.74 bits per heavy atom. The smallest absolute Gasteiger partial charge is 0.332 e. The Kier molecular flexibility index (Phi) is 4.26. The summed E-state index contributed by atoms with van der Waals surface area (Å²) >= 11 is 0. The van der Waals surface area contributed by atoms with Gasteiger partial charge in [0, 0.05) is 20.5 Å². The highest BCUT2D eigenvalue weighted by Gasteiger charge is 2.13. The predicted molar refractivity (Wildman–Crippen MR) is 79.6 cm³/mol. The number of ether oxygens (including phenoxy) is 1. The third-order valence-electron chi connectivity index (χ3n) is 2.95. The Hall–Kier alpha value is -3.42. The molecule has 0 bridgehead atoms. The van der Waals surface area contributed by atoms with Crippen LogP contribution in [0.4, 0.5) is 5.95 Å². The van der Waals surface area contributed by atoms with Gasteiger partial charge in [0.2, 0.25) is 5.95 Å². The number of esters is 1. The minimum absolute atomic E-state index is 0.0126. The molecule has 0 saturated heterocycles. The number of nitrogens with one attached hydrogen (secondary N) is 2. The number of hydrogen-bond donors (Lipinski definition) is 2. The third kappa shape index (κ3) is 2.95. The van der Waals surface area contributed by atoms with Crippen LogP contribution in [0.2, 0.25) is 0 Å². The molecule has 0 atom stereocenters. The van der Waals surface area contributed by atoms with Crippen molar-refractivity contribution in [3.8, 4) is 6.07 Å². The zero-order valence-corrected chi connectivity index (χ0v) is 12.6. The first-order valence-corrected chi connectivity index (χ1v) is 6.49. The van der Waals surface area contributed by atoms with E-state index in [1.54, 1.807) is 13.0 Å². The summed E-state index contributed by atoms with van der Waals surface area (Å²) in [5.41, 5.74) is 1.51. The molecule has 0 aliphatic heterocycles. The van der Waals surface area contributed by atoms with E-state index in [-0.39, 0.29) is 23.5 Å². The highest BCUT2D eigenvalue weighted by atomic mass is 16.5. The van der Waals surface area contributed by atoms with Crippen molar-refractivity contribution in [1.29, 1.82) is 5.26 Å². The van der Waals surface area contributed by atoms with Gasteiger partial charge >= 0.3 is 17.6 Å². The van der Waals surface area contributed by atoms with Gasteiger partial charge < -0.3 is 9.72 Å². The van der Waals surface area contributed by atoms with Gasteiger partial charge in [0.1, 0.15) is 0 Å². The van der Waals surface area contributed by atoms with E-state index in [0.29, 0.717) is 0 Å². The molecule has 120 valence electrons. The van der Waals surface area contributed by atoms with Crippen LogP contribution in [-0.4, -0.2) is 31.0 Å². The Morgan fingerprint density at radius 2 is 2.13 bits per heavy atom. The van der Waals surface area contributed by atoms with E-state index in [2.05, 4.69) is 25.2 Å². The number of hydrazone groups is 1. The van der Waals surface area contributed by atoms with Gasteiger partial charge in [0.15, 0.2) is 17.2 Å². The van der Waals surface area contributed by atoms with E-state index in [9.17, 15) is 14.4 Å². The SMILES string of the molecule is CCC(=O)OC(C#N)=NNc1nc2c([nH]1)c(=O)n(C)c(=O)n2C. The Bertz CT molecular complexity index is 957. The van der Waals surface area contributed by atoms with Gasteiger partial charge in [-0.05, 0) is 0 Å². The summed E-state index contributed by atoms with van der Waals surface area (Å²) < 4.78 is 6.77. The number of carbonyl (C=O) groups excluding carboxylic acids is 1. The molecule has 0 spiro atoms. The van der Waals surface area contributed by atoms with Crippen molar-refractivity contribution in [2.75, 3.05) is 5.43 Å². The lowest BCUT2D eigenvalue weighted by Crippen LogP contribution is -2.36. The van der Waals surface area contributed by atoms with Gasteiger partial charge in [0.05, 0.1) is 0 Å². The van der Waals surface area contributed by atoms with Crippen molar-refractivity contribution in [2.45, 2.75) is 13.3 Å². The fraction of sp³-hybridized carbons (Fsp3) is 0.333. The molecule has 2 heterocycles. The molecule has 0 saturated carbocycles. The van der Waals surface area contributed by atoms with Gasteiger partial charge in [-0.2, -0.15) is 10.2 Å². The summed E-state index contributed by atoms with van der Waals surface area (Å²) in [6.45, 7) is 1.57. The molecule has 0 radical (unpaired) electrons. The zero-order valence-electron chi connectivity index (χ0n) is 12.6. The lowest BCUT2D eigenvalue weighted by molar-refractivity contribution is -0.135. The van der Waals surface area contributed by atoms with Gasteiger partial charge in [-0.3, -0.25) is 18.7 Å². The van der Waals surface area contributed by atoms with Crippen LogP contribution >= 0.6 is 0 Å². The molecule has 0 amide bonds. The standard InChI is InChI=1S/C12H13N7O4/c1-4-7(20)23-6(5-13)16-17-11-14-8-9(15-11)18(2)12(22)19(3)10(8)21/h4H2,1-3H3,(H2,14,15,17). The van der Waals surface area contributed by atoms with E-state index in [0.717, 1.165) is 4.57 Å². The van der Waals surface area contributed by atoms with Crippen LogP contribution in [0.5, 0.6) is 0 Å². The second-order valence-corrected chi connectivity index (χ2v) is 4.46. The van der Waals surface area contributed by atoms with Crippen molar-refractivity contribution in [3.63, 3.8) is 0 Å². The fourth-order valence-corrected chi connectivity index (χ4v) is 1.73. The average molecular weight is 319 g/mol. The number of carbonyl (C=O) groups is 1. The summed E-state index contributed by atoms with van der Waals surface area (Å²) in [4.78, 5) is 41.6. The molecular weight excluding hydrogens is 306 g/mol. The first-order valence-electron chi connectivity index (χ1n) is 6.49. The molecular formula is C12H13N7O4. The summed E-state index contributed by atoms with van der Waals surface area (Å²) in [7, 11) is 2.80. The first kappa shape index (κ1) is 16.0. The van der Waals surface area contributed by atoms with Crippen LogP contribution in [0, 0.1) is 11.3 Å². The van der Waals surface area contributed by atoms with Crippen LogP contribution in [0.25, 0.3) is 11.2 Å². The lowest BCUT2D eigenvalue weighted by atomic mass is 10.5. The number of nitrogens with zero attached hydrogens (tertiary/aromatic N) is 5. The maximum Gasteiger partial charge on any atom is 0.332 e. The summed E-state index contributed by atoms with van der Waals surface area (Å²) in [6, 6.07) is 1.59. The van der Waals surface area contributed by atoms with Crippen LogP contribution in [0.15, 0.2) is 14.7 Å². The van der Waals surface area contributed by atoms with Gasteiger partial charge in [-0.1, -0.05) is 6.92 Å². The van der Waals surface area contributed by atoms with E-state index in [4.69, 9.17) is 5.26 Å². The molecule has 2 aromatic rings. The number of fused-ring (bicyclic) bond motifs is 1. The van der Waals surface area contributed by atoms with Crippen molar-refractivity contribution >= 4 is 29.0 Å². The summed E-state index contributed by atoms with van der Waals surface area (Å²) in [5.74, 6) is -1.11.